The molecule has 0 saturated heterocycles. The summed E-state index contributed by atoms with van der Waals surface area (Å²) in [7, 11) is 0. The molecule has 1 aromatic carbocycles. The first-order valence-electron chi connectivity index (χ1n) is 3.93. The van der Waals surface area contributed by atoms with Crippen molar-refractivity contribution in [2.24, 2.45) is 0 Å². The van der Waals surface area contributed by atoms with E-state index in [0.717, 1.165) is 27.4 Å². The SMILES string of the molecule is CC(=O)c1cc(CBr)cc(CBr)c1. The Morgan fingerprint density at radius 2 is 1.62 bits per heavy atom. The molecular formula is C10H10Br2O. The van der Waals surface area contributed by atoms with Crippen molar-refractivity contribution >= 4 is 37.6 Å². The summed E-state index contributed by atoms with van der Waals surface area (Å²) in [6.45, 7) is 1.59. The zero-order valence-corrected chi connectivity index (χ0v) is 10.5. The maximum atomic E-state index is 11.2. The van der Waals surface area contributed by atoms with Crippen molar-refractivity contribution in [3.63, 3.8) is 0 Å². The second-order valence-electron chi connectivity index (χ2n) is 2.86. The van der Waals surface area contributed by atoms with Gasteiger partial charge in [-0.2, -0.15) is 0 Å². The highest BCUT2D eigenvalue weighted by atomic mass is 79.9. The molecular weight excluding hydrogens is 296 g/mol. The third kappa shape index (κ3) is 2.92. The van der Waals surface area contributed by atoms with Gasteiger partial charge >= 0.3 is 0 Å². The number of ketones is 1. The van der Waals surface area contributed by atoms with Gasteiger partial charge in [-0.3, -0.25) is 4.79 Å². The predicted molar refractivity (Wildman–Crippen MR) is 61.7 cm³/mol. The van der Waals surface area contributed by atoms with E-state index in [4.69, 9.17) is 0 Å². The minimum Gasteiger partial charge on any atom is -0.295 e. The number of Topliss-reactive ketones (excluding diaryl/α,β-unsaturated/α-hetero) is 1. The highest BCUT2D eigenvalue weighted by molar-refractivity contribution is 9.08. The summed E-state index contributed by atoms with van der Waals surface area (Å²) < 4.78 is 0. The van der Waals surface area contributed by atoms with Crippen LogP contribution in [0.1, 0.15) is 28.4 Å². The summed E-state index contributed by atoms with van der Waals surface area (Å²) in [5, 5.41) is 1.57. The zero-order chi connectivity index (χ0) is 9.84. The molecule has 0 aliphatic carbocycles. The molecule has 70 valence electrons. The zero-order valence-electron chi connectivity index (χ0n) is 7.31. The topological polar surface area (TPSA) is 17.1 Å². The molecule has 0 unspecified atom stereocenters. The lowest BCUT2D eigenvalue weighted by Crippen LogP contribution is -1.95. The first-order valence-corrected chi connectivity index (χ1v) is 6.17. The summed E-state index contributed by atoms with van der Waals surface area (Å²) >= 11 is 6.76. The molecule has 0 heterocycles. The van der Waals surface area contributed by atoms with Crippen LogP contribution < -0.4 is 0 Å². The fourth-order valence-corrected chi connectivity index (χ4v) is 1.77. The lowest BCUT2D eigenvalue weighted by molar-refractivity contribution is 0.101. The third-order valence-corrected chi connectivity index (χ3v) is 3.06. The van der Waals surface area contributed by atoms with Crippen LogP contribution in [-0.2, 0) is 10.7 Å². The second kappa shape index (κ2) is 4.91. The maximum absolute atomic E-state index is 11.2. The van der Waals surface area contributed by atoms with Crippen LogP contribution in [0.15, 0.2) is 18.2 Å². The van der Waals surface area contributed by atoms with Gasteiger partial charge in [0, 0.05) is 16.2 Å². The van der Waals surface area contributed by atoms with Gasteiger partial charge in [-0.15, -0.1) is 0 Å². The molecule has 0 aliphatic rings. The number of hydrogen-bond acceptors (Lipinski definition) is 1. The Labute approximate surface area is 94.8 Å². The standard InChI is InChI=1S/C10H10Br2O/c1-7(13)10-3-8(5-11)2-9(4-10)6-12/h2-4H,5-6H2,1H3. The van der Waals surface area contributed by atoms with Crippen LogP contribution in [0.5, 0.6) is 0 Å². The molecule has 0 saturated carbocycles. The Morgan fingerprint density at radius 1 is 1.15 bits per heavy atom. The molecule has 0 aromatic heterocycles. The van der Waals surface area contributed by atoms with E-state index in [2.05, 4.69) is 37.9 Å². The lowest BCUT2D eigenvalue weighted by Gasteiger charge is -2.03. The van der Waals surface area contributed by atoms with E-state index in [0.29, 0.717) is 0 Å². The Kier molecular flexibility index (Phi) is 4.13. The van der Waals surface area contributed by atoms with Crippen molar-refractivity contribution in [2.75, 3.05) is 0 Å². The van der Waals surface area contributed by atoms with E-state index in [1.807, 2.05) is 12.1 Å². The van der Waals surface area contributed by atoms with Gasteiger partial charge in [0.2, 0.25) is 0 Å². The van der Waals surface area contributed by atoms with Crippen molar-refractivity contribution < 1.29 is 4.79 Å². The third-order valence-electron chi connectivity index (χ3n) is 1.77. The Hall–Kier alpha value is -0.150. The van der Waals surface area contributed by atoms with Gasteiger partial charge in [0.05, 0.1) is 0 Å². The van der Waals surface area contributed by atoms with Crippen molar-refractivity contribution in [3.8, 4) is 0 Å². The van der Waals surface area contributed by atoms with Crippen LogP contribution in [0.25, 0.3) is 0 Å². The van der Waals surface area contributed by atoms with Gasteiger partial charge in [-0.05, 0) is 30.2 Å². The predicted octanol–water partition coefficient (Wildman–Crippen LogP) is 3.68. The fraction of sp³-hybridized carbons (Fsp3) is 0.300. The molecule has 0 bridgehead atoms. The van der Waals surface area contributed by atoms with E-state index < -0.39 is 0 Å². The van der Waals surface area contributed by atoms with Crippen molar-refractivity contribution in [3.05, 3.63) is 34.9 Å². The van der Waals surface area contributed by atoms with Crippen LogP contribution in [0.2, 0.25) is 0 Å². The molecule has 0 amide bonds. The lowest BCUT2D eigenvalue weighted by atomic mass is 10.1. The van der Waals surface area contributed by atoms with Crippen LogP contribution in [0.3, 0.4) is 0 Å². The fourth-order valence-electron chi connectivity index (χ4n) is 1.12. The summed E-state index contributed by atoms with van der Waals surface area (Å²) in [4.78, 5) is 11.2. The van der Waals surface area contributed by atoms with Gasteiger partial charge in [-0.1, -0.05) is 37.9 Å². The summed E-state index contributed by atoms with van der Waals surface area (Å²) in [5.74, 6) is 0.116. The molecule has 0 N–H and O–H groups in total. The van der Waals surface area contributed by atoms with Gasteiger partial charge in [0.15, 0.2) is 5.78 Å². The first-order chi connectivity index (χ1) is 6.17. The molecule has 0 spiro atoms. The summed E-state index contributed by atoms with van der Waals surface area (Å²) in [6, 6.07) is 5.92. The first kappa shape index (κ1) is 10.9. The van der Waals surface area contributed by atoms with E-state index in [1.165, 1.54) is 0 Å². The Bertz CT molecular complexity index is 298. The van der Waals surface area contributed by atoms with Gasteiger partial charge in [0.25, 0.3) is 0 Å². The summed E-state index contributed by atoms with van der Waals surface area (Å²) in [6.07, 6.45) is 0. The van der Waals surface area contributed by atoms with Gasteiger partial charge < -0.3 is 0 Å². The molecule has 1 aromatic rings. The van der Waals surface area contributed by atoms with Gasteiger partial charge in [-0.25, -0.2) is 0 Å². The van der Waals surface area contributed by atoms with Crippen LogP contribution in [0, 0.1) is 0 Å². The van der Waals surface area contributed by atoms with E-state index in [-0.39, 0.29) is 5.78 Å². The number of halogens is 2. The largest absolute Gasteiger partial charge is 0.295 e. The van der Waals surface area contributed by atoms with E-state index in [1.54, 1.807) is 6.92 Å². The minimum absolute atomic E-state index is 0.116. The second-order valence-corrected chi connectivity index (χ2v) is 3.98. The number of hydrogen-bond donors (Lipinski definition) is 0. The number of benzene rings is 1. The van der Waals surface area contributed by atoms with E-state index >= 15 is 0 Å². The normalized spacial score (nSPS) is 10.1. The average Bonchev–Trinajstić information content (AvgIpc) is 2.16. The smallest absolute Gasteiger partial charge is 0.159 e. The highest BCUT2D eigenvalue weighted by Gasteiger charge is 2.03. The molecule has 0 atom stereocenters. The quantitative estimate of drug-likeness (QED) is 0.615. The summed E-state index contributed by atoms with van der Waals surface area (Å²) in [5.41, 5.74) is 3.07. The molecule has 13 heavy (non-hydrogen) atoms. The molecule has 1 nitrogen and oxygen atoms in total. The molecule has 0 fully saturated rings. The number of alkyl halides is 2. The minimum atomic E-state index is 0.116. The van der Waals surface area contributed by atoms with Crippen LogP contribution in [-0.4, -0.2) is 5.78 Å². The van der Waals surface area contributed by atoms with E-state index in [9.17, 15) is 4.79 Å². The number of rotatable bonds is 3. The van der Waals surface area contributed by atoms with Crippen LogP contribution in [0.4, 0.5) is 0 Å². The maximum Gasteiger partial charge on any atom is 0.159 e. The Morgan fingerprint density at radius 3 is 1.92 bits per heavy atom. The van der Waals surface area contributed by atoms with Crippen molar-refractivity contribution in [1.82, 2.24) is 0 Å². The highest BCUT2D eigenvalue weighted by Crippen LogP contribution is 2.15. The molecule has 1 rings (SSSR count). The van der Waals surface area contributed by atoms with Crippen molar-refractivity contribution in [1.29, 1.82) is 0 Å². The van der Waals surface area contributed by atoms with Crippen molar-refractivity contribution in [2.45, 2.75) is 17.6 Å². The monoisotopic (exact) mass is 304 g/mol. The van der Waals surface area contributed by atoms with Crippen LogP contribution >= 0.6 is 31.9 Å². The average molecular weight is 306 g/mol. The molecule has 0 radical (unpaired) electrons. The Balaban J connectivity index is 3.14. The number of carbonyl (C=O) groups is 1. The van der Waals surface area contributed by atoms with Gasteiger partial charge in [0.1, 0.15) is 0 Å². The molecule has 3 heteroatoms. The molecule has 0 aliphatic heterocycles. The number of carbonyl (C=O) groups excluding carboxylic acids is 1.